The van der Waals surface area contributed by atoms with Gasteiger partial charge in [0.1, 0.15) is 13.2 Å². The number of hydrogen-bond donors (Lipinski definition) is 0. The Morgan fingerprint density at radius 1 is 1.26 bits per heavy atom. The molecule has 0 aliphatic carbocycles. The van der Waals surface area contributed by atoms with Gasteiger partial charge in [-0.1, -0.05) is 19.9 Å². The van der Waals surface area contributed by atoms with Crippen LogP contribution in [-0.2, 0) is 11.3 Å². The third kappa shape index (κ3) is 3.63. The molecular formula is C15H21NO3. The third-order valence-electron chi connectivity index (χ3n) is 3.03. The standard InChI is InChI=1S/C15H21NO3/c1-11(2)8-15(17)16(3)10-12-4-5-13-14(9-12)19-7-6-18-13/h4-5,9,11H,6-8,10H2,1-3H3. The van der Waals surface area contributed by atoms with E-state index in [1.807, 2.05) is 25.2 Å². The average Bonchev–Trinajstić information content (AvgIpc) is 2.37. The molecule has 0 saturated heterocycles. The summed E-state index contributed by atoms with van der Waals surface area (Å²) in [5.74, 6) is 2.11. The van der Waals surface area contributed by atoms with Gasteiger partial charge in [-0.3, -0.25) is 4.79 Å². The van der Waals surface area contributed by atoms with Gasteiger partial charge in [0.05, 0.1) is 0 Å². The highest BCUT2D eigenvalue weighted by atomic mass is 16.6. The van der Waals surface area contributed by atoms with E-state index >= 15 is 0 Å². The van der Waals surface area contributed by atoms with E-state index in [4.69, 9.17) is 9.47 Å². The van der Waals surface area contributed by atoms with Crippen LogP contribution < -0.4 is 9.47 Å². The molecule has 1 aliphatic rings. The van der Waals surface area contributed by atoms with Crippen molar-refractivity contribution < 1.29 is 14.3 Å². The molecule has 0 N–H and O–H groups in total. The normalized spacial score (nSPS) is 13.5. The molecule has 1 aromatic rings. The molecule has 1 aromatic carbocycles. The molecule has 0 radical (unpaired) electrons. The number of amides is 1. The topological polar surface area (TPSA) is 38.8 Å². The zero-order chi connectivity index (χ0) is 13.8. The summed E-state index contributed by atoms with van der Waals surface area (Å²) in [4.78, 5) is 13.7. The fourth-order valence-electron chi connectivity index (χ4n) is 2.05. The van der Waals surface area contributed by atoms with Crippen molar-refractivity contribution in [1.29, 1.82) is 0 Å². The molecule has 4 heteroatoms. The number of fused-ring (bicyclic) bond motifs is 1. The van der Waals surface area contributed by atoms with E-state index in [1.165, 1.54) is 0 Å². The lowest BCUT2D eigenvalue weighted by Crippen LogP contribution is -2.27. The number of carbonyl (C=O) groups is 1. The van der Waals surface area contributed by atoms with Gasteiger partial charge < -0.3 is 14.4 Å². The summed E-state index contributed by atoms with van der Waals surface area (Å²) >= 11 is 0. The first-order valence-electron chi connectivity index (χ1n) is 6.68. The minimum absolute atomic E-state index is 0.171. The molecule has 4 nitrogen and oxygen atoms in total. The summed E-state index contributed by atoms with van der Waals surface area (Å²) in [7, 11) is 1.83. The van der Waals surface area contributed by atoms with E-state index in [-0.39, 0.29) is 5.91 Å². The molecule has 1 heterocycles. The van der Waals surface area contributed by atoms with Gasteiger partial charge in [-0.15, -0.1) is 0 Å². The molecule has 19 heavy (non-hydrogen) atoms. The van der Waals surface area contributed by atoms with E-state index in [0.717, 1.165) is 17.1 Å². The lowest BCUT2D eigenvalue weighted by Gasteiger charge is -2.21. The van der Waals surface area contributed by atoms with E-state index in [1.54, 1.807) is 4.90 Å². The zero-order valence-corrected chi connectivity index (χ0v) is 11.8. The fourth-order valence-corrected chi connectivity index (χ4v) is 2.05. The van der Waals surface area contributed by atoms with Crippen molar-refractivity contribution in [2.75, 3.05) is 20.3 Å². The van der Waals surface area contributed by atoms with Crippen LogP contribution in [0.5, 0.6) is 11.5 Å². The second kappa shape index (κ2) is 5.95. The Morgan fingerprint density at radius 2 is 1.95 bits per heavy atom. The minimum Gasteiger partial charge on any atom is -0.486 e. The van der Waals surface area contributed by atoms with Crippen LogP contribution >= 0.6 is 0 Å². The molecule has 104 valence electrons. The van der Waals surface area contributed by atoms with Crippen molar-refractivity contribution in [3.05, 3.63) is 23.8 Å². The van der Waals surface area contributed by atoms with Gasteiger partial charge in [0.2, 0.25) is 5.91 Å². The van der Waals surface area contributed by atoms with Gasteiger partial charge in [0.25, 0.3) is 0 Å². The summed E-state index contributed by atoms with van der Waals surface area (Å²) in [6, 6.07) is 5.84. The third-order valence-corrected chi connectivity index (χ3v) is 3.03. The lowest BCUT2D eigenvalue weighted by molar-refractivity contribution is -0.131. The molecule has 0 bridgehead atoms. The second-order valence-corrected chi connectivity index (χ2v) is 5.33. The van der Waals surface area contributed by atoms with E-state index in [0.29, 0.717) is 32.1 Å². The number of carbonyl (C=O) groups excluding carboxylic acids is 1. The van der Waals surface area contributed by atoms with Gasteiger partial charge in [0, 0.05) is 20.0 Å². The van der Waals surface area contributed by atoms with Crippen molar-refractivity contribution in [3.63, 3.8) is 0 Å². The number of benzene rings is 1. The molecule has 0 unspecified atom stereocenters. The Morgan fingerprint density at radius 3 is 2.63 bits per heavy atom. The predicted octanol–water partition coefficient (Wildman–Crippen LogP) is 2.46. The van der Waals surface area contributed by atoms with Crippen LogP contribution in [0.15, 0.2) is 18.2 Å². The lowest BCUT2D eigenvalue weighted by atomic mass is 10.1. The van der Waals surface area contributed by atoms with Crippen LogP contribution in [0.2, 0.25) is 0 Å². The van der Waals surface area contributed by atoms with Gasteiger partial charge in [-0.05, 0) is 23.6 Å². The van der Waals surface area contributed by atoms with Crippen LogP contribution in [0.1, 0.15) is 25.8 Å². The largest absolute Gasteiger partial charge is 0.486 e. The van der Waals surface area contributed by atoms with Gasteiger partial charge in [-0.25, -0.2) is 0 Å². The Bertz CT molecular complexity index is 457. The van der Waals surface area contributed by atoms with Crippen LogP contribution in [-0.4, -0.2) is 31.1 Å². The zero-order valence-electron chi connectivity index (χ0n) is 11.8. The first-order chi connectivity index (χ1) is 9.06. The molecule has 1 amide bonds. The first kappa shape index (κ1) is 13.7. The Hall–Kier alpha value is -1.71. The number of rotatable bonds is 4. The Kier molecular flexibility index (Phi) is 4.30. The van der Waals surface area contributed by atoms with Crippen molar-refractivity contribution in [2.45, 2.75) is 26.8 Å². The molecule has 0 fully saturated rings. The summed E-state index contributed by atoms with van der Waals surface area (Å²) < 4.78 is 11.0. The maximum atomic E-state index is 11.9. The molecule has 0 spiro atoms. The van der Waals surface area contributed by atoms with Crippen LogP contribution in [0.4, 0.5) is 0 Å². The van der Waals surface area contributed by atoms with Crippen LogP contribution in [0.3, 0.4) is 0 Å². The van der Waals surface area contributed by atoms with Gasteiger partial charge in [0.15, 0.2) is 11.5 Å². The predicted molar refractivity (Wildman–Crippen MR) is 73.4 cm³/mol. The number of nitrogens with zero attached hydrogens (tertiary/aromatic N) is 1. The molecular weight excluding hydrogens is 242 g/mol. The molecule has 0 atom stereocenters. The minimum atomic E-state index is 0.171. The van der Waals surface area contributed by atoms with Gasteiger partial charge in [-0.2, -0.15) is 0 Å². The fraction of sp³-hybridized carbons (Fsp3) is 0.533. The Labute approximate surface area is 114 Å². The van der Waals surface area contributed by atoms with Gasteiger partial charge >= 0.3 is 0 Å². The number of ether oxygens (including phenoxy) is 2. The quantitative estimate of drug-likeness (QED) is 0.837. The Balaban J connectivity index is 2.01. The number of hydrogen-bond acceptors (Lipinski definition) is 3. The second-order valence-electron chi connectivity index (χ2n) is 5.33. The van der Waals surface area contributed by atoms with Crippen LogP contribution in [0, 0.1) is 5.92 Å². The van der Waals surface area contributed by atoms with Crippen molar-refractivity contribution in [1.82, 2.24) is 4.90 Å². The first-order valence-corrected chi connectivity index (χ1v) is 6.68. The maximum Gasteiger partial charge on any atom is 0.222 e. The highest BCUT2D eigenvalue weighted by molar-refractivity contribution is 5.76. The SMILES string of the molecule is CC(C)CC(=O)N(C)Cc1ccc2c(c1)OCCO2. The van der Waals surface area contributed by atoms with E-state index < -0.39 is 0 Å². The smallest absolute Gasteiger partial charge is 0.222 e. The molecule has 2 rings (SSSR count). The summed E-state index contributed by atoms with van der Waals surface area (Å²) in [5.41, 5.74) is 1.06. The van der Waals surface area contributed by atoms with E-state index in [9.17, 15) is 4.79 Å². The summed E-state index contributed by atoms with van der Waals surface area (Å²) in [6.45, 7) is 5.88. The van der Waals surface area contributed by atoms with E-state index in [2.05, 4.69) is 13.8 Å². The monoisotopic (exact) mass is 263 g/mol. The summed E-state index contributed by atoms with van der Waals surface area (Å²) in [5, 5.41) is 0. The van der Waals surface area contributed by atoms with Crippen molar-refractivity contribution in [2.24, 2.45) is 5.92 Å². The summed E-state index contributed by atoms with van der Waals surface area (Å²) in [6.07, 6.45) is 0.584. The maximum absolute atomic E-state index is 11.9. The molecule has 1 aliphatic heterocycles. The van der Waals surface area contributed by atoms with Crippen LogP contribution in [0.25, 0.3) is 0 Å². The highest BCUT2D eigenvalue weighted by Gasteiger charge is 2.14. The average molecular weight is 263 g/mol. The van der Waals surface area contributed by atoms with Crippen molar-refractivity contribution >= 4 is 5.91 Å². The molecule has 0 saturated carbocycles. The van der Waals surface area contributed by atoms with Crippen molar-refractivity contribution in [3.8, 4) is 11.5 Å². The highest BCUT2D eigenvalue weighted by Crippen LogP contribution is 2.31. The molecule has 0 aromatic heterocycles.